The van der Waals surface area contributed by atoms with Crippen molar-refractivity contribution in [2.24, 2.45) is 0 Å². The molecule has 172 valence electrons. The third-order valence-electron chi connectivity index (χ3n) is 6.29. The molecule has 0 radical (unpaired) electrons. The summed E-state index contributed by atoms with van der Waals surface area (Å²) in [6.07, 6.45) is 7.55. The van der Waals surface area contributed by atoms with Crippen molar-refractivity contribution in [3.8, 4) is 23.1 Å². The minimum atomic E-state index is 0.187. The third-order valence-corrected chi connectivity index (χ3v) is 6.29. The van der Waals surface area contributed by atoms with Gasteiger partial charge in [0, 0.05) is 43.4 Å². The van der Waals surface area contributed by atoms with E-state index in [1.165, 1.54) is 5.56 Å². The van der Waals surface area contributed by atoms with Crippen LogP contribution < -0.4 is 9.64 Å². The summed E-state index contributed by atoms with van der Waals surface area (Å²) in [6, 6.07) is 14.6. The fraction of sp³-hybridized carbons (Fsp3) is 0.320. The molecule has 9 heteroatoms. The zero-order valence-electron chi connectivity index (χ0n) is 18.9. The van der Waals surface area contributed by atoms with Gasteiger partial charge in [-0.15, -0.1) is 0 Å². The summed E-state index contributed by atoms with van der Waals surface area (Å²) in [5, 5.41) is 4.79. The van der Waals surface area contributed by atoms with E-state index >= 15 is 0 Å². The topological polar surface area (TPSA) is 91.1 Å². The van der Waals surface area contributed by atoms with E-state index in [0.29, 0.717) is 17.7 Å². The van der Waals surface area contributed by atoms with E-state index in [9.17, 15) is 0 Å². The Labute approximate surface area is 197 Å². The van der Waals surface area contributed by atoms with Crippen molar-refractivity contribution in [3.63, 3.8) is 0 Å². The van der Waals surface area contributed by atoms with Gasteiger partial charge in [-0.05, 0) is 38.0 Å². The minimum Gasteiger partial charge on any atom is -0.455 e. The fourth-order valence-electron chi connectivity index (χ4n) is 4.66. The molecule has 1 aromatic carbocycles. The van der Waals surface area contributed by atoms with E-state index in [1.54, 1.807) is 23.1 Å². The van der Waals surface area contributed by atoms with Gasteiger partial charge in [0.2, 0.25) is 0 Å². The number of aromatic nitrogens is 6. The molecular formula is C25H25N7O2. The lowest BCUT2D eigenvalue weighted by Crippen LogP contribution is -2.32. The Bertz CT molecular complexity index is 1290. The second-order valence-electron chi connectivity index (χ2n) is 8.58. The molecule has 2 aliphatic rings. The summed E-state index contributed by atoms with van der Waals surface area (Å²) >= 11 is 0. The maximum absolute atomic E-state index is 5.93. The van der Waals surface area contributed by atoms with Crippen LogP contribution in [0.1, 0.15) is 24.2 Å². The van der Waals surface area contributed by atoms with Gasteiger partial charge in [-0.25, -0.2) is 14.6 Å². The Hall–Kier alpha value is -3.85. The number of benzene rings is 1. The lowest BCUT2D eigenvalue weighted by molar-refractivity contribution is 0.113. The first-order valence-corrected chi connectivity index (χ1v) is 11.5. The lowest BCUT2D eigenvalue weighted by Gasteiger charge is -2.24. The van der Waals surface area contributed by atoms with Crippen molar-refractivity contribution < 1.29 is 9.47 Å². The van der Waals surface area contributed by atoms with Crippen LogP contribution in [0, 0.1) is 6.92 Å². The minimum absolute atomic E-state index is 0.187. The number of aryl methyl sites for hydroxylation is 1. The predicted octanol–water partition coefficient (Wildman–Crippen LogP) is 3.37. The highest BCUT2D eigenvalue weighted by molar-refractivity contribution is 5.60. The van der Waals surface area contributed by atoms with Crippen LogP contribution in [0.15, 0.2) is 61.1 Å². The van der Waals surface area contributed by atoms with Crippen molar-refractivity contribution in [2.75, 3.05) is 18.1 Å². The van der Waals surface area contributed by atoms with Crippen LogP contribution in [-0.2, 0) is 11.3 Å². The van der Waals surface area contributed by atoms with Crippen molar-refractivity contribution in [3.05, 3.63) is 72.4 Å². The molecule has 0 aliphatic carbocycles. The Balaban J connectivity index is 1.34. The molecule has 4 aromatic rings. The predicted molar refractivity (Wildman–Crippen MR) is 126 cm³/mol. The molecule has 2 atom stereocenters. The zero-order valence-corrected chi connectivity index (χ0v) is 18.9. The van der Waals surface area contributed by atoms with Gasteiger partial charge in [-0.2, -0.15) is 15.1 Å². The van der Waals surface area contributed by atoms with Crippen LogP contribution in [0.5, 0.6) is 6.01 Å². The van der Waals surface area contributed by atoms with Crippen LogP contribution in [0.3, 0.4) is 0 Å². The second kappa shape index (κ2) is 8.83. The average Bonchev–Trinajstić information content (AvgIpc) is 3.61. The van der Waals surface area contributed by atoms with Gasteiger partial charge < -0.3 is 14.4 Å². The number of rotatable bonds is 6. The van der Waals surface area contributed by atoms with E-state index in [1.807, 2.05) is 24.4 Å². The zero-order chi connectivity index (χ0) is 22.9. The summed E-state index contributed by atoms with van der Waals surface area (Å²) in [7, 11) is 0. The second-order valence-corrected chi connectivity index (χ2v) is 8.58. The van der Waals surface area contributed by atoms with Crippen LogP contribution in [0.2, 0.25) is 0 Å². The molecule has 2 fully saturated rings. The largest absolute Gasteiger partial charge is 0.455 e. The molecule has 3 aromatic heterocycles. The van der Waals surface area contributed by atoms with Gasteiger partial charge in [0.05, 0.1) is 17.8 Å². The highest BCUT2D eigenvalue weighted by atomic mass is 16.5. The van der Waals surface area contributed by atoms with E-state index in [-0.39, 0.29) is 18.7 Å². The Morgan fingerprint density at radius 2 is 1.91 bits per heavy atom. The molecule has 0 N–H and O–H groups in total. The normalized spacial score (nSPS) is 19.4. The standard InChI is InChI=1S/C25H25N7O2/c1-17-4-2-5-18(14-17)19-6-12-32(30-19)24-15-23(31-11-7-21-20(31)8-13-33-21)28-25(29-24)34-16-22-26-9-3-10-27-22/h2-6,9-10,12,14-15,20-21H,7-8,11,13,16H2,1H3/t20-,21-/m1/s1. The van der Waals surface area contributed by atoms with Crippen molar-refractivity contribution in [2.45, 2.75) is 38.5 Å². The van der Waals surface area contributed by atoms with Gasteiger partial charge >= 0.3 is 6.01 Å². The van der Waals surface area contributed by atoms with E-state index in [2.05, 4.69) is 45.0 Å². The molecule has 6 rings (SSSR count). The molecule has 9 nitrogen and oxygen atoms in total. The molecule has 0 saturated carbocycles. The van der Waals surface area contributed by atoms with Gasteiger partial charge in [-0.3, -0.25) is 0 Å². The number of nitrogens with zero attached hydrogens (tertiary/aromatic N) is 7. The van der Waals surface area contributed by atoms with Gasteiger partial charge in [0.15, 0.2) is 18.2 Å². The number of hydrogen-bond donors (Lipinski definition) is 0. The molecule has 2 saturated heterocycles. The van der Waals surface area contributed by atoms with E-state index in [4.69, 9.17) is 19.6 Å². The summed E-state index contributed by atoms with van der Waals surface area (Å²) in [6.45, 7) is 3.94. The first-order valence-electron chi connectivity index (χ1n) is 11.5. The molecule has 2 aliphatic heterocycles. The Morgan fingerprint density at radius 3 is 2.79 bits per heavy atom. The summed E-state index contributed by atoms with van der Waals surface area (Å²) < 4.78 is 13.6. The molecule has 0 spiro atoms. The molecule has 0 unspecified atom stereocenters. The fourth-order valence-corrected chi connectivity index (χ4v) is 4.66. The molecular weight excluding hydrogens is 430 g/mol. The summed E-state index contributed by atoms with van der Waals surface area (Å²) in [5.74, 6) is 2.04. The quantitative estimate of drug-likeness (QED) is 0.437. The maximum Gasteiger partial charge on any atom is 0.320 e. The number of hydrogen-bond acceptors (Lipinski definition) is 8. The van der Waals surface area contributed by atoms with E-state index in [0.717, 1.165) is 43.1 Å². The first kappa shape index (κ1) is 20.7. The van der Waals surface area contributed by atoms with Crippen LogP contribution in [0.25, 0.3) is 17.1 Å². The molecule has 5 heterocycles. The monoisotopic (exact) mass is 455 g/mol. The van der Waals surface area contributed by atoms with Crippen LogP contribution in [-0.4, -0.2) is 55.0 Å². The Morgan fingerprint density at radius 1 is 1.03 bits per heavy atom. The van der Waals surface area contributed by atoms with Crippen LogP contribution in [0.4, 0.5) is 5.82 Å². The first-order chi connectivity index (χ1) is 16.7. The summed E-state index contributed by atoms with van der Waals surface area (Å²) in [5.41, 5.74) is 3.14. The van der Waals surface area contributed by atoms with Crippen LogP contribution >= 0.6 is 0 Å². The summed E-state index contributed by atoms with van der Waals surface area (Å²) in [4.78, 5) is 20.1. The molecule has 0 amide bonds. The van der Waals surface area contributed by atoms with Crippen molar-refractivity contribution >= 4 is 5.82 Å². The number of anilines is 1. The van der Waals surface area contributed by atoms with Crippen molar-refractivity contribution in [1.29, 1.82) is 0 Å². The SMILES string of the molecule is Cc1cccc(-c2ccn(-c3cc(N4CC[C@H]5OCC[C@H]54)nc(OCc4ncccn4)n3)n2)c1. The highest BCUT2D eigenvalue weighted by Gasteiger charge is 2.39. The van der Waals surface area contributed by atoms with Gasteiger partial charge in [0.1, 0.15) is 5.82 Å². The van der Waals surface area contributed by atoms with Gasteiger partial charge in [-0.1, -0.05) is 23.8 Å². The van der Waals surface area contributed by atoms with Crippen molar-refractivity contribution in [1.82, 2.24) is 29.7 Å². The molecule has 0 bridgehead atoms. The highest BCUT2D eigenvalue weighted by Crippen LogP contribution is 2.33. The lowest BCUT2D eigenvalue weighted by atomic mass is 10.1. The smallest absolute Gasteiger partial charge is 0.320 e. The number of ether oxygens (including phenoxy) is 2. The van der Waals surface area contributed by atoms with E-state index < -0.39 is 0 Å². The third kappa shape index (κ3) is 4.10. The molecule has 34 heavy (non-hydrogen) atoms. The number of fused-ring (bicyclic) bond motifs is 1. The van der Waals surface area contributed by atoms with Gasteiger partial charge in [0.25, 0.3) is 0 Å². The maximum atomic E-state index is 5.93. The average molecular weight is 456 g/mol. The Kier molecular flexibility index (Phi) is 5.38.